The van der Waals surface area contributed by atoms with Crippen molar-refractivity contribution < 1.29 is 4.79 Å². The number of aryl methyl sites for hydroxylation is 3. The van der Waals surface area contributed by atoms with Crippen LogP contribution in [0.5, 0.6) is 0 Å². The average molecular weight is 401 g/mol. The average Bonchev–Trinajstić information content (AvgIpc) is 2.99. The molecule has 0 radical (unpaired) electrons. The van der Waals surface area contributed by atoms with Crippen LogP contribution in [0.1, 0.15) is 28.5 Å². The van der Waals surface area contributed by atoms with Gasteiger partial charge >= 0.3 is 5.69 Å². The first-order valence-corrected chi connectivity index (χ1v) is 9.83. The predicted octanol–water partition coefficient (Wildman–Crippen LogP) is 3.15. The summed E-state index contributed by atoms with van der Waals surface area (Å²) in [4.78, 5) is 35.3. The molecule has 4 rings (SSSR count). The maximum atomic E-state index is 13.2. The Hall–Kier alpha value is -3.74. The quantitative estimate of drug-likeness (QED) is 0.570. The third-order valence-corrected chi connectivity index (χ3v) is 5.11. The first kappa shape index (κ1) is 19.6. The molecule has 0 saturated carbocycles. The van der Waals surface area contributed by atoms with Crippen LogP contribution in [0.4, 0.5) is 0 Å². The molecule has 2 aromatic heterocycles. The molecule has 152 valence electrons. The van der Waals surface area contributed by atoms with Gasteiger partial charge < -0.3 is 5.32 Å². The van der Waals surface area contributed by atoms with Gasteiger partial charge in [-0.1, -0.05) is 48.0 Å². The summed E-state index contributed by atoms with van der Waals surface area (Å²) in [6.45, 7) is 6.24. The number of hydrogen-bond acceptors (Lipinski definition) is 4. The third-order valence-electron chi connectivity index (χ3n) is 5.11. The number of imidazole rings is 1. The van der Waals surface area contributed by atoms with Crippen LogP contribution in [0.15, 0.2) is 53.3 Å². The monoisotopic (exact) mass is 401 g/mol. The summed E-state index contributed by atoms with van der Waals surface area (Å²) >= 11 is 0. The van der Waals surface area contributed by atoms with Crippen LogP contribution in [0.25, 0.3) is 28.2 Å². The van der Waals surface area contributed by atoms with Gasteiger partial charge in [-0.25, -0.2) is 19.3 Å². The molecule has 2 heterocycles. The van der Waals surface area contributed by atoms with Crippen LogP contribution in [0.3, 0.4) is 0 Å². The number of benzene rings is 2. The molecule has 7 nitrogen and oxygen atoms in total. The van der Waals surface area contributed by atoms with Gasteiger partial charge in [0.2, 0.25) is 0 Å². The summed E-state index contributed by atoms with van der Waals surface area (Å²) in [6, 6.07) is 15.4. The second-order valence-corrected chi connectivity index (χ2v) is 7.26. The van der Waals surface area contributed by atoms with E-state index < -0.39 is 0 Å². The minimum Gasteiger partial charge on any atom is -0.351 e. The van der Waals surface area contributed by atoms with Gasteiger partial charge in [0.05, 0.1) is 5.69 Å². The number of carbonyl (C=O) groups excluding carboxylic acids is 1. The number of nitrogens with one attached hydrogen (secondary N) is 1. The fourth-order valence-corrected chi connectivity index (χ4v) is 3.51. The zero-order chi connectivity index (χ0) is 21.4. The number of para-hydroxylation sites is 1. The molecule has 2 aromatic carbocycles. The zero-order valence-corrected chi connectivity index (χ0v) is 17.4. The molecule has 0 saturated heterocycles. The van der Waals surface area contributed by atoms with Crippen LogP contribution in [0.2, 0.25) is 0 Å². The third kappa shape index (κ3) is 3.18. The Bertz CT molecular complexity index is 1320. The summed E-state index contributed by atoms with van der Waals surface area (Å²) in [5, 5.41) is 2.80. The van der Waals surface area contributed by atoms with Gasteiger partial charge in [-0.3, -0.25) is 9.36 Å². The maximum Gasteiger partial charge on any atom is 0.334 e. The van der Waals surface area contributed by atoms with Gasteiger partial charge in [0.25, 0.3) is 5.91 Å². The van der Waals surface area contributed by atoms with Crippen molar-refractivity contribution in [3.63, 3.8) is 0 Å². The van der Waals surface area contributed by atoms with Crippen LogP contribution in [-0.2, 0) is 7.05 Å². The lowest BCUT2D eigenvalue weighted by Gasteiger charge is -2.10. The van der Waals surface area contributed by atoms with Crippen molar-refractivity contribution in [2.75, 3.05) is 6.54 Å². The van der Waals surface area contributed by atoms with Crippen LogP contribution in [0, 0.1) is 13.8 Å². The lowest BCUT2D eigenvalue weighted by Crippen LogP contribution is -2.25. The van der Waals surface area contributed by atoms with Crippen molar-refractivity contribution in [1.29, 1.82) is 0 Å². The molecule has 0 atom stereocenters. The highest BCUT2D eigenvalue weighted by molar-refractivity contribution is 6.03. The summed E-state index contributed by atoms with van der Waals surface area (Å²) < 4.78 is 2.98. The van der Waals surface area contributed by atoms with Gasteiger partial charge in [-0.15, -0.1) is 0 Å². The number of rotatable bonds is 4. The second-order valence-electron chi connectivity index (χ2n) is 7.26. The van der Waals surface area contributed by atoms with E-state index in [1.807, 2.05) is 69.3 Å². The summed E-state index contributed by atoms with van der Waals surface area (Å²) in [5.74, 6) is 0.0625. The highest BCUT2D eigenvalue weighted by Crippen LogP contribution is 2.24. The van der Waals surface area contributed by atoms with Crippen molar-refractivity contribution in [2.24, 2.45) is 7.05 Å². The Morgan fingerprint density at radius 1 is 1.03 bits per heavy atom. The number of carbonyl (C=O) groups is 1. The lowest BCUT2D eigenvalue weighted by atomic mass is 10.1. The van der Waals surface area contributed by atoms with Gasteiger partial charge in [0, 0.05) is 19.2 Å². The minimum absolute atomic E-state index is 0.185. The summed E-state index contributed by atoms with van der Waals surface area (Å²) in [5.41, 5.74) is 4.27. The lowest BCUT2D eigenvalue weighted by molar-refractivity contribution is 0.0952. The van der Waals surface area contributed by atoms with E-state index in [9.17, 15) is 9.59 Å². The van der Waals surface area contributed by atoms with Gasteiger partial charge in [0.1, 0.15) is 5.52 Å². The molecule has 0 fully saturated rings. The van der Waals surface area contributed by atoms with Gasteiger partial charge in [-0.05, 0) is 32.4 Å². The number of nitrogens with zero attached hydrogens (tertiary/aromatic N) is 4. The summed E-state index contributed by atoms with van der Waals surface area (Å²) in [7, 11) is 1.64. The molecular weight excluding hydrogens is 378 g/mol. The SMILES string of the molecule is CCNC(=O)c1nc(-c2ccc(C)cc2)nc2c1n(C)c(=O)n2-c1ccccc1C. The number of fused-ring (bicyclic) bond motifs is 1. The number of hydrogen-bond donors (Lipinski definition) is 1. The molecule has 0 aliphatic carbocycles. The second kappa shape index (κ2) is 7.59. The first-order chi connectivity index (χ1) is 14.4. The number of aromatic nitrogens is 4. The Balaban J connectivity index is 2.11. The molecule has 0 aliphatic heterocycles. The molecule has 7 heteroatoms. The normalized spacial score (nSPS) is 11.1. The van der Waals surface area contributed by atoms with Crippen LogP contribution in [-0.4, -0.2) is 31.6 Å². The van der Waals surface area contributed by atoms with Crippen LogP contribution < -0.4 is 11.0 Å². The fourth-order valence-electron chi connectivity index (χ4n) is 3.51. The molecular formula is C23H23N5O2. The van der Waals surface area contributed by atoms with Crippen LogP contribution >= 0.6 is 0 Å². The highest BCUT2D eigenvalue weighted by atomic mass is 16.2. The van der Waals surface area contributed by atoms with E-state index in [0.717, 1.165) is 22.4 Å². The topological polar surface area (TPSA) is 81.8 Å². The van der Waals surface area contributed by atoms with E-state index >= 15 is 0 Å². The van der Waals surface area contributed by atoms with Gasteiger partial charge in [0.15, 0.2) is 17.2 Å². The van der Waals surface area contributed by atoms with Crippen molar-refractivity contribution in [3.05, 3.63) is 75.8 Å². The molecule has 0 unspecified atom stereocenters. The standard InChI is InChI=1S/C23H23N5O2/c1-5-24-22(29)18-19-21(26-20(25-18)16-12-10-14(2)11-13-16)28(23(30)27(19)4)17-9-7-6-8-15(17)3/h6-13H,5H2,1-4H3,(H,24,29). The predicted molar refractivity (Wildman–Crippen MR) is 117 cm³/mol. The molecule has 4 aromatic rings. The van der Waals surface area contributed by atoms with Crippen molar-refractivity contribution in [3.8, 4) is 17.1 Å². The van der Waals surface area contributed by atoms with Crippen molar-refractivity contribution >= 4 is 17.1 Å². The van der Waals surface area contributed by atoms with E-state index in [2.05, 4.69) is 10.3 Å². The van der Waals surface area contributed by atoms with E-state index in [1.165, 1.54) is 4.57 Å². The largest absolute Gasteiger partial charge is 0.351 e. The first-order valence-electron chi connectivity index (χ1n) is 9.83. The minimum atomic E-state index is -0.337. The smallest absolute Gasteiger partial charge is 0.334 e. The Labute approximate surface area is 174 Å². The Morgan fingerprint density at radius 3 is 2.40 bits per heavy atom. The van der Waals surface area contributed by atoms with Gasteiger partial charge in [-0.2, -0.15) is 0 Å². The van der Waals surface area contributed by atoms with Crippen molar-refractivity contribution in [1.82, 2.24) is 24.4 Å². The maximum absolute atomic E-state index is 13.2. The molecule has 1 amide bonds. The zero-order valence-electron chi connectivity index (χ0n) is 17.4. The molecule has 0 aliphatic rings. The molecule has 30 heavy (non-hydrogen) atoms. The van der Waals surface area contributed by atoms with E-state index in [-0.39, 0.29) is 17.3 Å². The Morgan fingerprint density at radius 2 is 1.73 bits per heavy atom. The fraction of sp³-hybridized carbons (Fsp3) is 0.217. The summed E-state index contributed by atoms with van der Waals surface area (Å²) in [6.07, 6.45) is 0. The Kier molecular flexibility index (Phi) is 4.95. The molecule has 0 spiro atoms. The van der Waals surface area contributed by atoms with E-state index in [1.54, 1.807) is 11.6 Å². The molecule has 0 bridgehead atoms. The molecule has 1 N–H and O–H groups in total. The number of amides is 1. The van der Waals surface area contributed by atoms with Crippen molar-refractivity contribution in [2.45, 2.75) is 20.8 Å². The van der Waals surface area contributed by atoms with E-state index in [0.29, 0.717) is 23.5 Å². The van der Waals surface area contributed by atoms with E-state index in [4.69, 9.17) is 4.98 Å². The highest BCUT2D eigenvalue weighted by Gasteiger charge is 2.24.